The van der Waals surface area contributed by atoms with Gasteiger partial charge in [0.15, 0.2) is 5.75 Å². The number of rotatable bonds is 4. The Morgan fingerprint density at radius 3 is 2.47 bits per heavy atom. The molecule has 1 aromatic carbocycles. The highest BCUT2D eigenvalue weighted by atomic mass is 32.2. The molecule has 1 aromatic rings. The predicted molar refractivity (Wildman–Crippen MR) is 55.4 cm³/mol. The van der Waals surface area contributed by atoms with E-state index in [0.29, 0.717) is 13.1 Å². The number of nitrogens with zero attached hydrogens (tertiary/aromatic N) is 1. The molecule has 0 spiro atoms. The normalized spacial score (nSPS) is 15.6. The fraction of sp³-hybridized carbons (Fsp3) is 0.222. The molecule has 2 rings (SSSR count). The molecule has 0 aromatic heterocycles. The van der Waals surface area contributed by atoms with Crippen molar-refractivity contribution >= 4 is 16.1 Å². The Balaban J connectivity index is 2.43. The van der Waals surface area contributed by atoms with E-state index in [1.54, 1.807) is 0 Å². The zero-order chi connectivity index (χ0) is 12.6. The lowest BCUT2D eigenvalue weighted by atomic mass is 10.2. The summed E-state index contributed by atoms with van der Waals surface area (Å²) >= 11 is 0. The molecule has 1 aliphatic heterocycles. The Morgan fingerprint density at radius 1 is 1.35 bits per heavy atom. The molecule has 17 heavy (non-hydrogen) atoms. The Kier molecular flexibility index (Phi) is 2.77. The lowest BCUT2D eigenvalue weighted by Crippen LogP contribution is -2.09. The average Bonchev–Trinajstić information content (AvgIpc) is 3.00. The van der Waals surface area contributed by atoms with Crippen LogP contribution >= 0.6 is 0 Å². The molecule has 7 nitrogen and oxygen atoms in total. The summed E-state index contributed by atoms with van der Waals surface area (Å²) in [5, 5.41) is 10.4. The van der Waals surface area contributed by atoms with E-state index >= 15 is 0 Å². The highest BCUT2D eigenvalue weighted by Gasteiger charge is 2.24. The second-order valence-electron chi connectivity index (χ2n) is 3.46. The highest BCUT2D eigenvalue weighted by Crippen LogP contribution is 2.25. The topological polar surface area (TPSA) is 104 Å². The molecule has 0 unspecified atom stereocenters. The molecule has 0 saturated carbocycles. The summed E-state index contributed by atoms with van der Waals surface area (Å²) in [6, 6.07) is 3.14. The number of carboxylic acids is 1. The van der Waals surface area contributed by atoms with E-state index < -0.39 is 21.0 Å². The molecule has 1 saturated heterocycles. The minimum Gasteiger partial charge on any atom is -0.478 e. The SMILES string of the molecule is O=C(O)c1cc(S(=O)(=O)O)ccc1ON1CC1. The molecule has 0 aliphatic carbocycles. The number of hydrogen-bond donors (Lipinski definition) is 2. The van der Waals surface area contributed by atoms with Gasteiger partial charge in [0.05, 0.1) is 18.0 Å². The van der Waals surface area contributed by atoms with E-state index in [2.05, 4.69) is 0 Å². The Labute approximate surface area is 96.9 Å². The molecule has 8 heteroatoms. The molecule has 1 heterocycles. The van der Waals surface area contributed by atoms with Gasteiger partial charge in [-0.2, -0.15) is 8.42 Å². The number of benzene rings is 1. The monoisotopic (exact) mass is 259 g/mol. The van der Waals surface area contributed by atoms with Gasteiger partial charge in [-0.15, -0.1) is 5.06 Å². The first-order chi connectivity index (χ1) is 7.88. The zero-order valence-corrected chi connectivity index (χ0v) is 9.35. The van der Waals surface area contributed by atoms with Crippen molar-refractivity contribution in [3.05, 3.63) is 23.8 Å². The smallest absolute Gasteiger partial charge is 0.339 e. The van der Waals surface area contributed by atoms with Crippen LogP contribution in [0.2, 0.25) is 0 Å². The van der Waals surface area contributed by atoms with Crippen LogP contribution in [0.15, 0.2) is 23.1 Å². The highest BCUT2D eigenvalue weighted by molar-refractivity contribution is 7.85. The Hall–Kier alpha value is -1.64. The molecule has 0 amide bonds. The van der Waals surface area contributed by atoms with Crippen LogP contribution < -0.4 is 4.84 Å². The summed E-state index contributed by atoms with van der Waals surface area (Å²) in [4.78, 5) is 15.6. The van der Waals surface area contributed by atoms with Gasteiger partial charge in [-0.3, -0.25) is 4.55 Å². The van der Waals surface area contributed by atoms with Gasteiger partial charge in [0.1, 0.15) is 5.56 Å². The van der Waals surface area contributed by atoms with Crippen LogP contribution in [0.3, 0.4) is 0 Å². The van der Waals surface area contributed by atoms with E-state index in [1.807, 2.05) is 0 Å². The third-order valence-corrected chi connectivity index (χ3v) is 2.96. The van der Waals surface area contributed by atoms with Crippen molar-refractivity contribution in [2.75, 3.05) is 13.1 Å². The average molecular weight is 259 g/mol. The standard InChI is InChI=1S/C9H9NO6S/c11-9(12)7-5-6(17(13,14)15)1-2-8(7)16-10-3-4-10/h1-2,5H,3-4H2,(H,11,12)(H,13,14,15). The maximum Gasteiger partial charge on any atom is 0.339 e. The molecule has 92 valence electrons. The number of aromatic carboxylic acids is 1. The minimum absolute atomic E-state index is 0.0439. The largest absolute Gasteiger partial charge is 0.478 e. The molecular weight excluding hydrogens is 250 g/mol. The first kappa shape index (κ1) is 11.8. The molecule has 1 fully saturated rings. The van der Waals surface area contributed by atoms with E-state index in [0.717, 1.165) is 12.1 Å². The first-order valence-corrected chi connectivity index (χ1v) is 6.10. The number of carboxylic acid groups (broad SMARTS) is 1. The minimum atomic E-state index is -4.42. The second kappa shape index (κ2) is 3.99. The summed E-state index contributed by atoms with van der Waals surface area (Å²) in [6.07, 6.45) is 0. The molecule has 2 N–H and O–H groups in total. The van der Waals surface area contributed by atoms with Crippen LogP contribution in [0, 0.1) is 0 Å². The summed E-state index contributed by atoms with van der Waals surface area (Å²) in [7, 11) is -4.42. The van der Waals surface area contributed by atoms with E-state index in [9.17, 15) is 13.2 Å². The third kappa shape index (κ3) is 2.73. The summed E-state index contributed by atoms with van der Waals surface area (Å²) < 4.78 is 30.5. The van der Waals surface area contributed by atoms with Gasteiger partial charge in [-0.1, -0.05) is 0 Å². The van der Waals surface area contributed by atoms with Crippen LogP contribution in [0.5, 0.6) is 5.75 Å². The fourth-order valence-corrected chi connectivity index (χ4v) is 1.69. The molecular formula is C9H9NO6S. The molecule has 0 bridgehead atoms. The van der Waals surface area contributed by atoms with Crippen LogP contribution in [-0.2, 0) is 10.1 Å². The van der Waals surface area contributed by atoms with E-state index in [-0.39, 0.29) is 11.3 Å². The van der Waals surface area contributed by atoms with Crippen molar-refractivity contribution in [1.82, 2.24) is 5.06 Å². The van der Waals surface area contributed by atoms with Crippen molar-refractivity contribution in [2.45, 2.75) is 4.90 Å². The van der Waals surface area contributed by atoms with Gasteiger partial charge in [-0.05, 0) is 18.2 Å². The zero-order valence-electron chi connectivity index (χ0n) is 8.53. The van der Waals surface area contributed by atoms with Crippen molar-refractivity contribution < 1.29 is 27.7 Å². The lowest BCUT2D eigenvalue weighted by Gasteiger charge is -2.08. The quantitative estimate of drug-likeness (QED) is 0.589. The number of hydrogen-bond acceptors (Lipinski definition) is 5. The van der Waals surface area contributed by atoms with Crippen molar-refractivity contribution in [2.24, 2.45) is 0 Å². The maximum atomic E-state index is 10.9. The van der Waals surface area contributed by atoms with Gasteiger partial charge in [0.25, 0.3) is 10.1 Å². The van der Waals surface area contributed by atoms with Crippen molar-refractivity contribution in [3.8, 4) is 5.75 Å². The number of hydroxylamine groups is 2. The second-order valence-corrected chi connectivity index (χ2v) is 4.88. The molecule has 0 atom stereocenters. The van der Waals surface area contributed by atoms with Crippen LogP contribution in [-0.4, -0.2) is 42.2 Å². The Bertz CT molecular complexity index is 563. The molecule has 1 aliphatic rings. The van der Waals surface area contributed by atoms with Gasteiger partial charge < -0.3 is 9.94 Å². The van der Waals surface area contributed by atoms with Crippen LogP contribution in [0.4, 0.5) is 0 Å². The Morgan fingerprint density at radius 2 is 2.00 bits per heavy atom. The fourth-order valence-electron chi connectivity index (χ4n) is 1.19. The van der Waals surface area contributed by atoms with Crippen LogP contribution in [0.1, 0.15) is 10.4 Å². The molecule has 0 radical (unpaired) electrons. The van der Waals surface area contributed by atoms with Gasteiger partial charge >= 0.3 is 5.97 Å². The lowest BCUT2D eigenvalue weighted by molar-refractivity contribution is 0.0586. The third-order valence-electron chi connectivity index (χ3n) is 2.11. The van der Waals surface area contributed by atoms with Crippen LogP contribution in [0.25, 0.3) is 0 Å². The van der Waals surface area contributed by atoms with Crippen molar-refractivity contribution in [3.63, 3.8) is 0 Å². The maximum absolute atomic E-state index is 10.9. The van der Waals surface area contributed by atoms with Crippen molar-refractivity contribution in [1.29, 1.82) is 0 Å². The van der Waals surface area contributed by atoms with E-state index in [1.165, 1.54) is 11.1 Å². The summed E-state index contributed by atoms with van der Waals surface area (Å²) in [5.74, 6) is -1.28. The summed E-state index contributed by atoms with van der Waals surface area (Å²) in [5.41, 5.74) is -0.313. The first-order valence-electron chi connectivity index (χ1n) is 4.65. The van der Waals surface area contributed by atoms with Gasteiger partial charge in [-0.25, -0.2) is 4.79 Å². The van der Waals surface area contributed by atoms with E-state index in [4.69, 9.17) is 14.5 Å². The van der Waals surface area contributed by atoms with Gasteiger partial charge in [0, 0.05) is 0 Å². The number of carbonyl (C=O) groups is 1. The summed E-state index contributed by atoms with van der Waals surface area (Å²) in [6.45, 7) is 1.39. The predicted octanol–water partition coefficient (Wildman–Crippen LogP) is 0.241. The van der Waals surface area contributed by atoms with Gasteiger partial charge in [0.2, 0.25) is 0 Å².